The molecule has 1 saturated heterocycles. The van der Waals surface area contributed by atoms with Crippen molar-refractivity contribution in [3.05, 3.63) is 52.2 Å². The first-order valence-electron chi connectivity index (χ1n) is 9.33. The lowest BCUT2D eigenvalue weighted by atomic mass is 9.94. The molecule has 28 heavy (non-hydrogen) atoms. The number of hydrogen-bond donors (Lipinski definition) is 1. The number of rotatable bonds is 3. The van der Waals surface area contributed by atoms with Crippen molar-refractivity contribution in [2.45, 2.75) is 45.1 Å². The molecule has 4 rings (SSSR count). The van der Waals surface area contributed by atoms with Gasteiger partial charge in [0.1, 0.15) is 16.7 Å². The summed E-state index contributed by atoms with van der Waals surface area (Å²) in [5, 5.41) is 8.27. The lowest BCUT2D eigenvalue weighted by Crippen LogP contribution is -2.41. The van der Waals surface area contributed by atoms with E-state index >= 15 is 0 Å². The average molecular weight is 419 g/mol. The van der Waals surface area contributed by atoms with E-state index < -0.39 is 0 Å². The van der Waals surface area contributed by atoms with Gasteiger partial charge in [0.25, 0.3) is 5.91 Å². The highest BCUT2D eigenvalue weighted by molar-refractivity contribution is 7.80. The molecule has 5 nitrogen and oxygen atoms in total. The Bertz CT molecular complexity index is 963. The molecule has 2 aliphatic rings. The monoisotopic (exact) mass is 418 g/mol. The van der Waals surface area contributed by atoms with Crippen LogP contribution in [-0.2, 0) is 4.79 Å². The van der Waals surface area contributed by atoms with Gasteiger partial charge in [-0.3, -0.25) is 9.69 Å². The lowest BCUT2D eigenvalue weighted by Gasteiger charge is -2.29. The molecule has 0 atom stereocenters. The number of halogens is 2. The lowest BCUT2D eigenvalue weighted by molar-refractivity contribution is -0.124. The third-order valence-electron chi connectivity index (χ3n) is 5.26. The van der Waals surface area contributed by atoms with Crippen LogP contribution in [0.5, 0.6) is 0 Å². The molecular formula is C20H20ClFN4OS. The minimum Gasteiger partial charge on any atom is -0.328 e. The van der Waals surface area contributed by atoms with Gasteiger partial charge in [-0.2, -0.15) is 5.10 Å². The van der Waals surface area contributed by atoms with Crippen molar-refractivity contribution < 1.29 is 9.18 Å². The molecule has 0 radical (unpaired) electrons. The third-order valence-corrected chi connectivity index (χ3v) is 5.92. The zero-order chi connectivity index (χ0) is 19.8. The van der Waals surface area contributed by atoms with Crippen molar-refractivity contribution in [3.63, 3.8) is 0 Å². The Kier molecular flexibility index (Phi) is 5.21. The summed E-state index contributed by atoms with van der Waals surface area (Å²) in [5.41, 5.74) is 2.34. The van der Waals surface area contributed by atoms with E-state index in [9.17, 15) is 9.18 Å². The maximum absolute atomic E-state index is 13.2. The minimum absolute atomic E-state index is 0.123. The Morgan fingerprint density at radius 3 is 2.61 bits per heavy atom. The molecule has 2 fully saturated rings. The van der Waals surface area contributed by atoms with Gasteiger partial charge in [0.15, 0.2) is 5.11 Å². The summed E-state index contributed by atoms with van der Waals surface area (Å²) in [6, 6.07) is 6.06. The molecule has 8 heteroatoms. The first-order chi connectivity index (χ1) is 13.5. The number of nitrogens with zero attached hydrogens (tertiary/aromatic N) is 3. The van der Waals surface area contributed by atoms with E-state index in [-0.39, 0.29) is 17.8 Å². The Labute approximate surface area is 173 Å². The molecule has 1 saturated carbocycles. The fraction of sp³-hybridized carbons (Fsp3) is 0.350. The van der Waals surface area contributed by atoms with Crippen LogP contribution >= 0.6 is 23.8 Å². The second-order valence-corrected chi connectivity index (χ2v) is 7.88. The minimum atomic E-state index is -0.330. The summed E-state index contributed by atoms with van der Waals surface area (Å²) in [6.07, 6.45) is 7.09. The van der Waals surface area contributed by atoms with Crippen molar-refractivity contribution >= 4 is 40.9 Å². The number of hydrogen-bond acceptors (Lipinski definition) is 3. The van der Waals surface area contributed by atoms with Crippen LogP contribution in [0.15, 0.2) is 30.0 Å². The molecule has 1 aromatic carbocycles. The van der Waals surface area contributed by atoms with Crippen molar-refractivity contribution in [3.8, 4) is 5.69 Å². The van der Waals surface area contributed by atoms with Crippen LogP contribution in [0.1, 0.15) is 43.4 Å². The van der Waals surface area contributed by atoms with Crippen LogP contribution in [0.3, 0.4) is 0 Å². The van der Waals surface area contributed by atoms with Gasteiger partial charge >= 0.3 is 0 Å². The van der Waals surface area contributed by atoms with Crippen LogP contribution in [0.2, 0.25) is 5.15 Å². The molecule has 2 aromatic rings. The summed E-state index contributed by atoms with van der Waals surface area (Å²) in [6.45, 7) is 1.81. The van der Waals surface area contributed by atoms with Crippen molar-refractivity contribution in [2.24, 2.45) is 0 Å². The van der Waals surface area contributed by atoms with Gasteiger partial charge in [-0.15, -0.1) is 0 Å². The van der Waals surface area contributed by atoms with Crippen LogP contribution in [-0.4, -0.2) is 31.7 Å². The van der Waals surface area contributed by atoms with Crippen molar-refractivity contribution in [1.29, 1.82) is 0 Å². The highest BCUT2D eigenvalue weighted by atomic mass is 35.5. The van der Waals surface area contributed by atoms with Crippen LogP contribution in [0.4, 0.5) is 4.39 Å². The smallest absolute Gasteiger partial charge is 0.276 e. The standard InChI is InChI=1S/C20H20ClFN4OS/c1-12-16(18(21)26(24-12)15-9-7-13(22)8-10-15)11-17-19(27)25(20(28)23-17)14-5-3-2-4-6-14/h7-11,14H,2-6H2,1H3,(H,23,28)/b17-11-. The molecule has 0 bridgehead atoms. The second kappa shape index (κ2) is 7.64. The third kappa shape index (κ3) is 3.44. The van der Waals surface area contributed by atoms with Crippen LogP contribution in [0.25, 0.3) is 11.8 Å². The molecule has 1 N–H and O–H groups in total. The van der Waals surface area contributed by atoms with E-state index in [1.807, 2.05) is 6.92 Å². The zero-order valence-electron chi connectivity index (χ0n) is 15.4. The second-order valence-electron chi connectivity index (χ2n) is 7.13. The van der Waals surface area contributed by atoms with Crippen molar-refractivity contribution in [1.82, 2.24) is 20.0 Å². The first-order valence-corrected chi connectivity index (χ1v) is 10.1. The van der Waals surface area contributed by atoms with E-state index in [1.54, 1.807) is 23.1 Å². The fourth-order valence-electron chi connectivity index (χ4n) is 3.79. The highest BCUT2D eigenvalue weighted by Gasteiger charge is 2.36. The normalized spacial score (nSPS) is 19.5. The topological polar surface area (TPSA) is 50.2 Å². The summed E-state index contributed by atoms with van der Waals surface area (Å²) in [5.74, 6) is -0.454. The van der Waals surface area contributed by atoms with Gasteiger partial charge in [-0.1, -0.05) is 30.9 Å². The summed E-state index contributed by atoms with van der Waals surface area (Å²) in [4.78, 5) is 14.7. The number of aromatic nitrogens is 2. The molecule has 1 amide bonds. The number of aryl methyl sites for hydroxylation is 1. The largest absolute Gasteiger partial charge is 0.328 e. The molecule has 146 valence electrons. The van der Waals surface area contributed by atoms with Gasteiger partial charge in [0.05, 0.1) is 11.4 Å². The molecule has 0 spiro atoms. The molecule has 1 aliphatic heterocycles. The van der Waals surface area contributed by atoms with E-state index in [0.29, 0.717) is 32.9 Å². The molecular weight excluding hydrogens is 399 g/mol. The molecule has 1 aliphatic carbocycles. The SMILES string of the molecule is Cc1nn(-c2ccc(F)cc2)c(Cl)c1/C=C1\NC(=S)N(C2CCCCC2)C1=O. The molecule has 2 heterocycles. The summed E-state index contributed by atoms with van der Waals surface area (Å²) < 4.78 is 14.7. The molecule has 1 aromatic heterocycles. The Balaban J connectivity index is 1.65. The fourth-order valence-corrected chi connectivity index (χ4v) is 4.46. The number of amides is 1. The van der Waals surface area contributed by atoms with Gasteiger partial charge < -0.3 is 5.32 Å². The number of benzene rings is 1. The van der Waals surface area contributed by atoms with E-state index in [4.69, 9.17) is 23.8 Å². The Morgan fingerprint density at radius 2 is 1.93 bits per heavy atom. The maximum Gasteiger partial charge on any atom is 0.276 e. The quantitative estimate of drug-likeness (QED) is 0.594. The zero-order valence-corrected chi connectivity index (χ0v) is 17.0. The predicted molar refractivity (Wildman–Crippen MR) is 111 cm³/mol. The Hall–Kier alpha value is -2.25. The first kappa shape index (κ1) is 19.1. The van der Waals surface area contributed by atoms with Gasteiger partial charge in [-0.25, -0.2) is 9.07 Å². The number of carbonyl (C=O) groups excluding carboxylic acids is 1. The Morgan fingerprint density at radius 1 is 1.25 bits per heavy atom. The predicted octanol–water partition coefficient (Wildman–Crippen LogP) is 4.36. The summed E-state index contributed by atoms with van der Waals surface area (Å²) in [7, 11) is 0. The van der Waals surface area contributed by atoms with E-state index in [1.165, 1.54) is 23.2 Å². The van der Waals surface area contributed by atoms with Gasteiger partial charge in [0.2, 0.25) is 0 Å². The molecule has 0 unspecified atom stereocenters. The number of thiocarbonyl (C=S) groups is 1. The van der Waals surface area contributed by atoms with Crippen LogP contribution in [0, 0.1) is 12.7 Å². The number of nitrogens with one attached hydrogen (secondary N) is 1. The van der Waals surface area contributed by atoms with Crippen molar-refractivity contribution in [2.75, 3.05) is 0 Å². The van der Waals surface area contributed by atoms with Crippen LogP contribution < -0.4 is 5.32 Å². The average Bonchev–Trinajstić information content (AvgIpc) is 3.13. The van der Waals surface area contributed by atoms with E-state index in [2.05, 4.69) is 10.4 Å². The van der Waals surface area contributed by atoms with Gasteiger partial charge in [0, 0.05) is 11.6 Å². The highest BCUT2D eigenvalue weighted by Crippen LogP contribution is 2.29. The summed E-state index contributed by atoms with van der Waals surface area (Å²) >= 11 is 11.9. The maximum atomic E-state index is 13.2. The van der Waals surface area contributed by atoms with E-state index in [0.717, 1.165) is 25.7 Å². The number of carbonyl (C=O) groups is 1. The van der Waals surface area contributed by atoms with Gasteiger partial charge in [-0.05, 0) is 62.3 Å².